The van der Waals surface area contributed by atoms with Crippen LogP contribution in [0.1, 0.15) is 20.9 Å². The van der Waals surface area contributed by atoms with E-state index in [2.05, 4.69) is 20.3 Å². The monoisotopic (exact) mass is 516 g/mol. The number of aryl methyl sites for hydroxylation is 2. The molecule has 2 N–H and O–H groups in total. The number of thiophene rings is 1. The maximum absolute atomic E-state index is 14.9. The molecule has 8 nitrogen and oxygen atoms in total. The standard InChI is InChI=1S/C27H21FN4O4S/c1-14-4-7-23(37-14)24-15(2)30-13-18(26(24)33)27(34)32-16-5-6-21(19(28)10-16)36-22-8-9-29-20-11-17(35-3)12-31-25(20)22/h4-13H,1-3H3,(H,30,33)(H,32,34). The number of methoxy groups -OCH3 is 1. The largest absolute Gasteiger partial charge is 0.506 e. The second-order valence-corrected chi connectivity index (χ2v) is 9.43. The summed E-state index contributed by atoms with van der Waals surface area (Å²) in [6, 6.07) is 11.1. The van der Waals surface area contributed by atoms with Crippen LogP contribution in [0.15, 0.2) is 61.1 Å². The quantitative estimate of drug-likeness (QED) is 0.274. The van der Waals surface area contributed by atoms with Crippen LogP contribution in [0.4, 0.5) is 10.1 Å². The number of rotatable bonds is 6. The molecule has 0 aliphatic heterocycles. The highest BCUT2D eigenvalue weighted by Gasteiger charge is 2.20. The molecule has 186 valence electrons. The summed E-state index contributed by atoms with van der Waals surface area (Å²) < 4.78 is 25.9. The van der Waals surface area contributed by atoms with E-state index in [4.69, 9.17) is 9.47 Å². The summed E-state index contributed by atoms with van der Waals surface area (Å²) in [5.41, 5.74) is 2.24. The van der Waals surface area contributed by atoms with Crippen LogP contribution in [-0.2, 0) is 0 Å². The van der Waals surface area contributed by atoms with E-state index < -0.39 is 11.7 Å². The van der Waals surface area contributed by atoms with E-state index in [1.165, 1.54) is 49.2 Å². The molecule has 0 unspecified atom stereocenters. The fourth-order valence-electron chi connectivity index (χ4n) is 3.78. The van der Waals surface area contributed by atoms with Gasteiger partial charge in [0.15, 0.2) is 17.3 Å². The van der Waals surface area contributed by atoms with Crippen LogP contribution in [0.2, 0.25) is 0 Å². The topological polar surface area (TPSA) is 106 Å². The van der Waals surface area contributed by atoms with Crippen molar-refractivity contribution < 1.29 is 23.8 Å². The number of amides is 1. The number of nitrogens with one attached hydrogen (secondary N) is 1. The number of carbonyl (C=O) groups is 1. The molecule has 37 heavy (non-hydrogen) atoms. The second-order valence-electron chi connectivity index (χ2n) is 8.14. The molecule has 10 heteroatoms. The SMILES string of the molecule is COc1cnc2c(Oc3ccc(NC(=O)c4cnc(C)c(-c5ccc(C)s5)c4O)cc3F)ccnc2c1. The number of aromatic hydroxyl groups is 1. The van der Waals surface area contributed by atoms with Crippen molar-refractivity contribution in [2.45, 2.75) is 13.8 Å². The van der Waals surface area contributed by atoms with Crippen LogP contribution in [0, 0.1) is 19.7 Å². The molecular formula is C27H21FN4O4S. The molecule has 0 bridgehead atoms. The normalized spacial score (nSPS) is 10.9. The molecule has 1 amide bonds. The van der Waals surface area contributed by atoms with E-state index in [1.54, 1.807) is 19.1 Å². The van der Waals surface area contributed by atoms with E-state index in [1.807, 2.05) is 19.1 Å². The lowest BCUT2D eigenvalue weighted by atomic mass is 10.1. The van der Waals surface area contributed by atoms with Crippen molar-refractivity contribution in [3.63, 3.8) is 0 Å². The van der Waals surface area contributed by atoms with E-state index in [9.17, 15) is 14.3 Å². The van der Waals surface area contributed by atoms with Gasteiger partial charge in [0.05, 0.1) is 24.4 Å². The molecule has 5 rings (SSSR count). The summed E-state index contributed by atoms with van der Waals surface area (Å²) in [5.74, 6) is -0.700. The van der Waals surface area contributed by atoms with E-state index in [0.717, 1.165) is 15.8 Å². The zero-order valence-electron chi connectivity index (χ0n) is 20.1. The molecule has 0 saturated heterocycles. The van der Waals surface area contributed by atoms with Crippen molar-refractivity contribution in [3.05, 3.63) is 83.0 Å². The predicted molar refractivity (Wildman–Crippen MR) is 139 cm³/mol. The maximum Gasteiger partial charge on any atom is 0.261 e. The third-order valence-corrected chi connectivity index (χ3v) is 6.65. The Balaban J connectivity index is 1.38. The third-order valence-electron chi connectivity index (χ3n) is 5.63. The molecule has 0 aliphatic carbocycles. The Labute approximate surface area is 215 Å². The fourth-order valence-corrected chi connectivity index (χ4v) is 4.75. The molecular weight excluding hydrogens is 495 g/mol. The lowest BCUT2D eigenvalue weighted by Gasteiger charge is -2.13. The van der Waals surface area contributed by atoms with Crippen molar-refractivity contribution >= 4 is 34.0 Å². The summed E-state index contributed by atoms with van der Waals surface area (Å²) >= 11 is 1.49. The molecule has 0 atom stereocenters. The first-order valence-corrected chi connectivity index (χ1v) is 12.0. The molecule has 0 fully saturated rings. The first kappa shape index (κ1) is 24.1. The lowest BCUT2D eigenvalue weighted by molar-refractivity contribution is 0.102. The maximum atomic E-state index is 14.9. The number of hydrogen-bond acceptors (Lipinski definition) is 8. The van der Waals surface area contributed by atoms with Gasteiger partial charge in [0.2, 0.25) is 0 Å². The molecule has 4 aromatic heterocycles. The molecule has 0 spiro atoms. The van der Waals surface area contributed by atoms with Gasteiger partial charge in [0.25, 0.3) is 5.91 Å². The Kier molecular flexibility index (Phi) is 6.41. The highest BCUT2D eigenvalue weighted by molar-refractivity contribution is 7.15. The number of benzene rings is 1. The lowest BCUT2D eigenvalue weighted by Crippen LogP contribution is -2.13. The Bertz CT molecular complexity index is 1650. The van der Waals surface area contributed by atoms with Gasteiger partial charge in [-0.1, -0.05) is 0 Å². The average molecular weight is 517 g/mol. The zero-order chi connectivity index (χ0) is 26.1. The van der Waals surface area contributed by atoms with Gasteiger partial charge in [0.1, 0.15) is 22.6 Å². The van der Waals surface area contributed by atoms with Crippen molar-refractivity contribution in [1.82, 2.24) is 15.0 Å². The fraction of sp³-hybridized carbons (Fsp3) is 0.111. The van der Waals surface area contributed by atoms with Crippen molar-refractivity contribution in [2.75, 3.05) is 12.4 Å². The number of nitrogens with zero attached hydrogens (tertiary/aromatic N) is 3. The Morgan fingerprint density at radius 3 is 2.59 bits per heavy atom. The number of ether oxygens (including phenoxy) is 2. The minimum absolute atomic E-state index is 0.0165. The smallest absolute Gasteiger partial charge is 0.261 e. The first-order chi connectivity index (χ1) is 17.8. The van der Waals surface area contributed by atoms with Crippen LogP contribution in [-0.4, -0.2) is 33.1 Å². The van der Waals surface area contributed by atoms with Gasteiger partial charge in [-0.2, -0.15) is 0 Å². The summed E-state index contributed by atoms with van der Waals surface area (Å²) in [6.45, 7) is 3.72. The van der Waals surface area contributed by atoms with Crippen LogP contribution < -0.4 is 14.8 Å². The van der Waals surface area contributed by atoms with Gasteiger partial charge in [-0.05, 0) is 38.1 Å². The van der Waals surface area contributed by atoms with Gasteiger partial charge < -0.3 is 19.9 Å². The highest BCUT2D eigenvalue weighted by atomic mass is 32.1. The Hall–Kier alpha value is -4.57. The van der Waals surface area contributed by atoms with Crippen molar-refractivity contribution in [1.29, 1.82) is 0 Å². The van der Waals surface area contributed by atoms with E-state index in [-0.39, 0.29) is 22.7 Å². The number of anilines is 1. The molecule has 0 aliphatic rings. The molecule has 4 heterocycles. The van der Waals surface area contributed by atoms with Crippen molar-refractivity contribution in [3.8, 4) is 33.4 Å². The van der Waals surface area contributed by atoms with Gasteiger partial charge in [-0.25, -0.2) is 9.37 Å². The van der Waals surface area contributed by atoms with Crippen LogP contribution in [0.25, 0.3) is 21.5 Å². The number of carbonyl (C=O) groups excluding carboxylic acids is 1. The van der Waals surface area contributed by atoms with Crippen LogP contribution in [0.5, 0.6) is 23.0 Å². The van der Waals surface area contributed by atoms with E-state index >= 15 is 0 Å². The average Bonchev–Trinajstić information content (AvgIpc) is 3.31. The third kappa shape index (κ3) is 4.78. The first-order valence-electron chi connectivity index (χ1n) is 11.2. The van der Waals surface area contributed by atoms with E-state index in [0.29, 0.717) is 33.8 Å². The molecule has 0 radical (unpaired) electrons. The number of hydrogen-bond donors (Lipinski definition) is 2. The molecule has 5 aromatic rings. The predicted octanol–water partition coefficient (Wildman–Crippen LogP) is 6.27. The van der Waals surface area contributed by atoms with Gasteiger partial charge in [-0.15, -0.1) is 11.3 Å². The molecule has 1 aromatic carbocycles. The Morgan fingerprint density at radius 1 is 1.03 bits per heavy atom. The Morgan fingerprint density at radius 2 is 1.86 bits per heavy atom. The number of halogens is 1. The minimum Gasteiger partial charge on any atom is -0.506 e. The number of fused-ring (bicyclic) bond motifs is 1. The van der Waals surface area contributed by atoms with Gasteiger partial charge >= 0.3 is 0 Å². The highest BCUT2D eigenvalue weighted by Crippen LogP contribution is 2.38. The summed E-state index contributed by atoms with van der Waals surface area (Å²) in [7, 11) is 1.53. The second kappa shape index (κ2) is 9.82. The summed E-state index contributed by atoms with van der Waals surface area (Å²) in [4.78, 5) is 27.6. The minimum atomic E-state index is -0.697. The van der Waals surface area contributed by atoms with Gasteiger partial charge in [-0.3, -0.25) is 14.8 Å². The van der Waals surface area contributed by atoms with Crippen LogP contribution in [0.3, 0.4) is 0 Å². The number of pyridine rings is 3. The van der Waals surface area contributed by atoms with Crippen molar-refractivity contribution in [2.24, 2.45) is 0 Å². The molecule has 0 saturated carbocycles. The zero-order valence-corrected chi connectivity index (χ0v) is 20.9. The van der Waals surface area contributed by atoms with Gasteiger partial charge in [0, 0.05) is 51.7 Å². The number of aromatic nitrogens is 3. The summed E-state index contributed by atoms with van der Waals surface area (Å²) in [6.07, 6.45) is 4.35. The summed E-state index contributed by atoms with van der Waals surface area (Å²) in [5, 5.41) is 13.5. The van der Waals surface area contributed by atoms with Crippen LogP contribution >= 0.6 is 11.3 Å².